The average molecular weight is 455 g/mol. The molecule has 5 rings (SSSR count). The van der Waals surface area contributed by atoms with Gasteiger partial charge >= 0.3 is 6.03 Å². The van der Waals surface area contributed by atoms with Gasteiger partial charge in [0.15, 0.2) is 0 Å². The van der Waals surface area contributed by atoms with Gasteiger partial charge in [-0.1, -0.05) is 36.4 Å². The number of fused-ring (bicyclic) bond motifs is 2. The summed E-state index contributed by atoms with van der Waals surface area (Å²) in [5.74, 6) is -0.904. The van der Waals surface area contributed by atoms with E-state index >= 15 is 0 Å². The number of aliphatic imine (C=N–C) groups is 1. The molecule has 0 saturated carbocycles. The molecular formula is C26H22FN5O2. The Kier molecular flexibility index (Phi) is 5.33. The standard InChI is InChI=1S/C26H22FN5O2/c1-31-15-14-17-20(11-7-13-21(17)31)28-26(34)30-24-25(33)32(2)22-12-6-4-9-18(22)23(29-24)16-8-3-5-10-19(16)27/h3-15,24H,1-2H3,(H2,28,30,34). The number of amides is 3. The number of carbonyl (C=O) groups excluding carboxylic acids is 2. The van der Waals surface area contributed by atoms with Gasteiger partial charge in [0, 0.05) is 42.3 Å². The number of aromatic nitrogens is 1. The van der Waals surface area contributed by atoms with Crippen molar-refractivity contribution < 1.29 is 14.0 Å². The van der Waals surface area contributed by atoms with E-state index in [4.69, 9.17) is 0 Å². The van der Waals surface area contributed by atoms with Crippen molar-refractivity contribution in [1.29, 1.82) is 0 Å². The second-order valence-corrected chi connectivity index (χ2v) is 8.04. The number of benzene rings is 3. The molecule has 34 heavy (non-hydrogen) atoms. The number of urea groups is 1. The van der Waals surface area contributed by atoms with E-state index in [-0.39, 0.29) is 5.56 Å². The second-order valence-electron chi connectivity index (χ2n) is 8.04. The molecule has 170 valence electrons. The number of nitrogens with zero attached hydrogens (tertiary/aromatic N) is 3. The van der Waals surface area contributed by atoms with Crippen LogP contribution in [0.5, 0.6) is 0 Å². The highest BCUT2D eigenvalue weighted by Crippen LogP contribution is 2.28. The maximum Gasteiger partial charge on any atom is 0.321 e. The molecule has 2 heterocycles. The van der Waals surface area contributed by atoms with Crippen molar-refractivity contribution in [1.82, 2.24) is 9.88 Å². The molecule has 2 N–H and O–H groups in total. The number of anilines is 2. The van der Waals surface area contributed by atoms with Crippen LogP contribution in [0.2, 0.25) is 0 Å². The zero-order valence-electron chi connectivity index (χ0n) is 18.6. The van der Waals surface area contributed by atoms with Crippen molar-refractivity contribution in [3.05, 3.63) is 95.9 Å². The van der Waals surface area contributed by atoms with Gasteiger partial charge in [-0.05, 0) is 36.4 Å². The summed E-state index contributed by atoms with van der Waals surface area (Å²) in [6.07, 6.45) is 0.654. The first-order chi connectivity index (χ1) is 16.4. The lowest BCUT2D eigenvalue weighted by Crippen LogP contribution is -2.47. The van der Waals surface area contributed by atoms with Crippen LogP contribution in [0.25, 0.3) is 10.9 Å². The molecule has 7 nitrogen and oxygen atoms in total. The van der Waals surface area contributed by atoms with Gasteiger partial charge in [0.25, 0.3) is 5.91 Å². The molecule has 0 radical (unpaired) electrons. The summed E-state index contributed by atoms with van der Waals surface area (Å²) in [5.41, 5.74) is 3.28. The monoisotopic (exact) mass is 455 g/mol. The van der Waals surface area contributed by atoms with E-state index < -0.39 is 23.9 Å². The van der Waals surface area contributed by atoms with E-state index in [9.17, 15) is 14.0 Å². The summed E-state index contributed by atoms with van der Waals surface area (Å²) in [5, 5.41) is 6.33. The Bertz CT molecular complexity index is 1460. The van der Waals surface area contributed by atoms with Crippen molar-refractivity contribution in [3.8, 4) is 0 Å². The van der Waals surface area contributed by atoms with Crippen LogP contribution in [0.1, 0.15) is 11.1 Å². The van der Waals surface area contributed by atoms with Crippen LogP contribution >= 0.6 is 0 Å². The Labute approximate surface area is 195 Å². The average Bonchev–Trinajstić information content (AvgIpc) is 3.19. The Balaban J connectivity index is 1.51. The van der Waals surface area contributed by atoms with Crippen LogP contribution in [0, 0.1) is 5.82 Å². The zero-order chi connectivity index (χ0) is 23.8. The highest BCUT2D eigenvalue weighted by atomic mass is 19.1. The van der Waals surface area contributed by atoms with Crippen LogP contribution in [-0.2, 0) is 11.8 Å². The number of hydrogen-bond donors (Lipinski definition) is 2. The van der Waals surface area contributed by atoms with Crippen LogP contribution in [0.15, 0.2) is 84.0 Å². The second kappa shape index (κ2) is 8.47. The number of likely N-dealkylation sites (N-methyl/N-ethyl adjacent to an activating group) is 1. The number of benzodiazepines with no additional fused rings is 1. The largest absolute Gasteiger partial charge is 0.350 e. The lowest BCUT2D eigenvalue weighted by Gasteiger charge is -2.21. The molecule has 1 unspecified atom stereocenters. The van der Waals surface area contributed by atoms with Gasteiger partial charge in [-0.2, -0.15) is 0 Å². The number of hydrogen-bond acceptors (Lipinski definition) is 3. The fraction of sp³-hybridized carbons (Fsp3) is 0.115. The van der Waals surface area contributed by atoms with Crippen molar-refractivity contribution in [2.24, 2.45) is 12.0 Å². The van der Waals surface area contributed by atoms with Gasteiger partial charge in [0.2, 0.25) is 6.17 Å². The zero-order valence-corrected chi connectivity index (χ0v) is 18.6. The summed E-state index contributed by atoms with van der Waals surface area (Å²) < 4.78 is 16.7. The predicted octanol–water partition coefficient (Wildman–Crippen LogP) is 4.28. The molecule has 1 aliphatic heterocycles. The fourth-order valence-electron chi connectivity index (χ4n) is 4.18. The quantitative estimate of drug-likeness (QED) is 0.484. The number of rotatable bonds is 3. The minimum absolute atomic E-state index is 0.249. The molecule has 8 heteroatoms. The lowest BCUT2D eigenvalue weighted by molar-refractivity contribution is -0.119. The highest BCUT2D eigenvalue weighted by Gasteiger charge is 2.31. The number of aryl methyl sites for hydroxylation is 1. The number of para-hydroxylation sites is 1. The van der Waals surface area contributed by atoms with E-state index in [1.165, 1.54) is 11.0 Å². The normalized spacial score (nSPS) is 15.5. The fourth-order valence-corrected chi connectivity index (χ4v) is 4.18. The minimum atomic E-state index is -1.25. The van der Waals surface area contributed by atoms with E-state index in [0.717, 1.165) is 10.9 Å². The maximum atomic E-state index is 14.7. The Morgan fingerprint density at radius 2 is 1.68 bits per heavy atom. The third kappa shape index (κ3) is 3.69. The van der Waals surface area contributed by atoms with E-state index in [2.05, 4.69) is 15.6 Å². The van der Waals surface area contributed by atoms with Gasteiger partial charge in [-0.25, -0.2) is 14.2 Å². The number of halogens is 1. The molecule has 0 bridgehead atoms. The summed E-state index contributed by atoms with van der Waals surface area (Å²) in [6.45, 7) is 0. The Hall–Kier alpha value is -4.46. The molecule has 0 spiro atoms. The SMILES string of the molecule is CN1C(=O)C(NC(=O)Nc2cccc3c2ccn3C)N=C(c2ccccc2F)c2ccccc21. The molecular weight excluding hydrogens is 433 g/mol. The molecule has 3 aromatic carbocycles. The third-order valence-corrected chi connectivity index (χ3v) is 5.92. The topological polar surface area (TPSA) is 78.7 Å². The van der Waals surface area contributed by atoms with E-state index in [1.807, 2.05) is 36.0 Å². The predicted molar refractivity (Wildman–Crippen MR) is 131 cm³/mol. The molecule has 4 aromatic rings. The minimum Gasteiger partial charge on any atom is -0.350 e. The first-order valence-electron chi connectivity index (χ1n) is 10.8. The Morgan fingerprint density at radius 1 is 0.941 bits per heavy atom. The van der Waals surface area contributed by atoms with Crippen molar-refractivity contribution in [3.63, 3.8) is 0 Å². The van der Waals surface area contributed by atoms with Crippen LogP contribution in [0.3, 0.4) is 0 Å². The van der Waals surface area contributed by atoms with Gasteiger partial charge in [0.1, 0.15) is 5.82 Å². The third-order valence-electron chi connectivity index (χ3n) is 5.92. The Morgan fingerprint density at radius 3 is 2.47 bits per heavy atom. The number of nitrogens with one attached hydrogen (secondary N) is 2. The first kappa shape index (κ1) is 21.4. The molecule has 1 aromatic heterocycles. The molecule has 1 atom stereocenters. The van der Waals surface area contributed by atoms with E-state index in [1.54, 1.807) is 55.6 Å². The number of carbonyl (C=O) groups is 2. The van der Waals surface area contributed by atoms with Crippen molar-refractivity contribution >= 4 is 39.9 Å². The van der Waals surface area contributed by atoms with Crippen LogP contribution in [-0.4, -0.2) is 35.4 Å². The van der Waals surface area contributed by atoms with Crippen molar-refractivity contribution in [2.75, 3.05) is 17.3 Å². The van der Waals surface area contributed by atoms with Gasteiger partial charge in [0.05, 0.1) is 17.1 Å². The molecule has 3 amide bonds. The molecule has 1 aliphatic rings. The first-order valence-corrected chi connectivity index (χ1v) is 10.8. The highest BCUT2D eigenvalue weighted by molar-refractivity contribution is 6.20. The summed E-state index contributed by atoms with van der Waals surface area (Å²) in [7, 11) is 3.53. The van der Waals surface area contributed by atoms with Gasteiger partial charge < -0.3 is 20.1 Å². The van der Waals surface area contributed by atoms with Gasteiger partial charge in [-0.15, -0.1) is 0 Å². The maximum absolute atomic E-state index is 14.7. The van der Waals surface area contributed by atoms with Crippen LogP contribution in [0.4, 0.5) is 20.6 Å². The van der Waals surface area contributed by atoms with E-state index in [0.29, 0.717) is 22.6 Å². The lowest BCUT2D eigenvalue weighted by atomic mass is 10.00. The summed E-state index contributed by atoms with van der Waals surface area (Å²) in [6, 6.07) is 20.3. The molecule has 0 aliphatic carbocycles. The summed E-state index contributed by atoms with van der Waals surface area (Å²) >= 11 is 0. The van der Waals surface area contributed by atoms with Crippen molar-refractivity contribution in [2.45, 2.75) is 6.17 Å². The molecule has 0 fully saturated rings. The summed E-state index contributed by atoms with van der Waals surface area (Å²) in [4.78, 5) is 32.2. The molecule has 0 saturated heterocycles. The van der Waals surface area contributed by atoms with Crippen LogP contribution < -0.4 is 15.5 Å². The van der Waals surface area contributed by atoms with Gasteiger partial charge in [-0.3, -0.25) is 4.79 Å². The smallest absolute Gasteiger partial charge is 0.321 e.